The first-order valence-corrected chi connectivity index (χ1v) is 13.2. The number of carbonyl (C=O) groups is 3. The lowest BCUT2D eigenvalue weighted by Gasteiger charge is -2.46. The topological polar surface area (TPSA) is 137 Å². The molecule has 3 N–H and O–H groups in total. The van der Waals surface area contributed by atoms with E-state index in [-0.39, 0.29) is 28.4 Å². The van der Waals surface area contributed by atoms with Gasteiger partial charge >= 0.3 is 12.2 Å². The maximum absolute atomic E-state index is 14.0. The fourth-order valence-electron chi connectivity index (χ4n) is 4.59. The van der Waals surface area contributed by atoms with Crippen LogP contribution in [0.1, 0.15) is 51.9 Å². The SMILES string of the molecule is CC(C)(C)OC(=O)Nc1ccc(F)cc1NC(=O)c1ccc2nc(N3CCN(C(=O)O)C(C(C)(C)C)C3)cnc2c1. The van der Waals surface area contributed by atoms with Crippen LogP contribution in [0.4, 0.5) is 31.2 Å². The number of amides is 3. The standard InChI is InChI=1S/C29H35FN6O5/c1-28(2,3)23-16-35(11-12-36(23)27(39)40)24-15-31-21-13-17(7-9-19(21)32-24)25(37)33-22-14-18(30)8-10-20(22)34-26(38)41-29(4,5)6/h7-10,13-15,23H,11-12,16H2,1-6H3,(H,33,37)(H,34,38)(H,39,40). The van der Waals surface area contributed by atoms with Crippen LogP contribution in [0.25, 0.3) is 11.0 Å². The molecule has 1 aliphatic heterocycles. The quantitative estimate of drug-likeness (QED) is 0.372. The zero-order valence-corrected chi connectivity index (χ0v) is 24.0. The van der Waals surface area contributed by atoms with E-state index in [1.165, 1.54) is 11.0 Å². The predicted octanol–water partition coefficient (Wildman–Crippen LogP) is 5.58. The summed E-state index contributed by atoms with van der Waals surface area (Å²) in [7, 11) is 0. The van der Waals surface area contributed by atoms with Gasteiger partial charge in [-0.25, -0.2) is 19.0 Å². The summed E-state index contributed by atoms with van der Waals surface area (Å²) in [6, 6.07) is 8.20. The first-order valence-electron chi connectivity index (χ1n) is 13.2. The molecule has 4 rings (SSSR count). The molecular formula is C29H35FN6O5. The zero-order chi connectivity index (χ0) is 30.1. The highest BCUT2D eigenvalue weighted by atomic mass is 19.1. The molecule has 1 saturated heterocycles. The van der Waals surface area contributed by atoms with Gasteiger partial charge in [0, 0.05) is 25.2 Å². The van der Waals surface area contributed by atoms with E-state index >= 15 is 0 Å². The minimum atomic E-state index is -0.939. The van der Waals surface area contributed by atoms with Gasteiger partial charge in [-0.3, -0.25) is 15.1 Å². The largest absolute Gasteiger partial charge is 0.465 e. The summed E-state index contributed by atoms with van der Waals surface area (Å²) in [6.07, 6.45) is -0.0733. The molecule has 2 aromatic carbocycles. The molecule has 11 nitrogen and oxygen atoms in total. The molecule has 2 heterocycles. The van der Waals surface area contributed by atoms with Gasteiger partial charge in [-0.15, -0.1) is 0 Å². The third-order valence-corrected chi connectivity index (χ3v) is 6.61. The van der Waals surface area contributed by atoms with Gasteiger partial charge in [0.15, 0.2) is 0 Å². The van der Waals surface area contributed by atoms with Gasteiger partial charge in [0.05, 0.1) is 34.6 Å². The van der Waals surface area contributed by atoms with Gasteiger partial charge in [-0.2, -0.15) is 0 Å². The fourth-order valence-corrected chi connectivity index (χ4v) is 4.59. The first kappa shape index (κ1) is 29.5. The summed E-state index contributed by atoms with van der Waals surface area (Å²) in [5.74, 6) is -0.509. The Labute approximate surface area is 237 Å². The van der Waals surface area contributed by atoms with Crippen LogP contribution in [0.15, 0.2) is 42.6 Å². The lowest BCUT2D eigenvalue weighted by Crippen LogP contribution is -2.59. The van der Waals surface area contributed by atoms with Crippen LogP contribution in [-0.2, 0) is 4.74 Å². The number of aromatic nitrogens is 2. The molecule has 1 unspecified atom stereocenters. The van der Waals surface area contributed by atoms with Crippen LogP contribution in [0, 0.1) is 11.2 Å². The van der Waals surface area contributed by atoms with Crippen molar-refractivity contribution in [3.63, 3.8) is 0 Å². The smallest absolute Gasteiger partial charge is 0.412 e. The fraction of sp³-hybridized carbons (Fsp3) is 0.414. The van der Waals surface area contributed by atoms with Crippen molar-refractivity contribution in [2.75, 3.05) is 35.2 Å². The van der Waals surface area contributed by atoms with Crippen molar-refractivity contribution in [2.24, 2.45) is 5.41 Å². The number of benzene rings is 2. The van der Waals surface area contributed by atoms with Crippen LogP contribution in [0.5, 0.6) is 0 Å². The Balaban J connectivity index is 1.52. The number of anilines is 3. The Hall–Kier alpha value is -4.48. The number of carbonyl (C=O) groups excluding carboxylic acids is 2. The second-order valence-electron chi connectivity index (χ2n) is 12.0. The minimum Gasteiger partial charge on any atom is -0.465 e. The first-order chi connectivity index (χ1) is 19.1. The predicted molar refractivity (Wildman–Crippen MR) is 154 cm³/mol. The number of nitrogens with one attached hydrogen (secondary N) is 2. The molecule has 3 amide bonds. The highest BCUT2D eigenvalue weighted by molar-refractivity contribution is 6.08. The average molecular weight is 567 g/mol. The minimum absolute atomic E-state index is 0.0660. The summed E-state index contributed by atoms with van der Waals surface area (Å²) in [5, 5.41) is 14.8. The molecule has 3 aromatic rings. The third-order valence-electron chi connectivity index (χ3n) is 6.61. The van der Waals surface area contributed by atoms with Crippen LogP contribution < -0.4 is 15.5 Å². The molecule has 0 bridgehead atoms. The van der Waals surface area contributed by atoms with E-state index in [0.29, 0.717) is 36.5 Å². The maximum Gasteiger partial charge on any atom is 0.412 e. The second-order valence-corrected chi connectivity index (χ2v) is 12.0. The summed E-state index contributed by atoms with van der Waals surface area (Å²) in [6.45, 7) is 12.5. The normalized spacial score (nSPS) is 15.9. The maximum atomic E-state index is 14.0. The zero-order valence-electron chi connectivity index (χ0n) is 24.0. The number of hydrogen-bond acceptors (Lipinski definition) is 7. The van der Waals surface area contributed by atoms with Gasteiger partial charge < -0.3 is 25.0 Å². The summed E-state index contributed by atoms with van der Waals surface area (Å²) in [4.78, 5) is 49.8. The van der Waals surface area contributed by atoms with Gasteiger partial charge in [0.2, 0.25) is 0 Å². The van der Waals surface area contributed by atoms with E-state index in [9.17, 15) is 23.9 Å². The highest BCUT2D eigenvalue weighted by Crippen LogP contribution is 2.30. The number of rotatable bonds is 4. The van der Waals surface area contributed by atoms with E-state index in [4.69, 9.17) is 9.72 Å². The summed E-state index contributed by atoms with van der Waals surface area (Å²) < 4.78 is 19.3. The van der Waals surface area contributed by atoms with Crippen molar-refractivity contribution in [3.05, 3.63) is 54.0 Å². The van der Waals surface area contributed by atoms with Crippen molar-refractivity contribution >= 4 is 46.3 Å². The third kappa shape index (κ3) is 7.19. The van der Waals surface area contributed by atoms with Crippen LogP contribution >= 0.6 is 0 Å². The van der Waals surface area contributed by atoms with Crippen LogP contribution in [0.2, 0.25) is 0 Å². The molecular weight excluding hydrogens is 531 g/mol. The van der Waals surface area contributed by atoms with Crippen molar-refractivity contribution in [2.45, 2.75) is 53.2 Å². The molecule has 41 heavy (non-hydrogen) atoms. The van der Waals surface area contributed by atoms with Crippen molar-refractivity contribution < 1.29 is 28.6 Å². The van der Waals surface area contributed by atoms with Gasteiger partial charge in [-0.05, 0) is 62.6 Å². The Morgan fingerprint density at radius 3 is 2.37 bits per heavy atom. The highest BCUT2D eigenvalue weighted by Gasteiger charge is 2.38. The van der Waals surface area contributed by atoms with Gasteiger partial charge in [-0.1, -0.05) is 20.8 Å². The second kappa shape index (κ2) is 11.2. The molecule has 218 valence electrons. The number of halogens is 1. The molecule has 1 aromatic heterocycles. The lowest BCUT2D eigenvalue weighted by molar-refractivity contribution is 0.0635. The molecule has 1 atom stereocenters. The number of piperazine rings is 1. The molecule has 12 heteroatoms. The number of carboxylic acid groups (broad SMARTS) is 1. The summed E-state index contributed by atoms with van der Waals surface area (Å²) in [5.41, 5.74) is 0.533. The molecule has 0 aliphatic carbocycles. The van der Waals surface area contributed by atoms with E-state index < -0.39 is 29.5 Å². The van der Waals surface area contributed by atoms with E-state index in [0.717, 1.165) is 12.1 Å². The average Bonchev–Trinajstić information content (AvgIpc) is 2.87. The molecule has 1 aliphatic rings. The van der Waals surface area contributed by atoms with Gasteiger partial charge in [0.1, 0.15) is 17.2 Å². The van der Waals surface area contributed by atoms with E-state index in [2.05, 4.69) is 15.6 Å². The monoisotopic (exact) mass is 566 g/mol. The Morgan fingerprint density at radius 1 is 0.976 bits per heavy atom. The number of nitrogens with zero attached hydrogens (tertiary/aromatic N) is 4. The Bertz CT molecular complexity index is 1480. The van der Waals surface area contributed by atoms with Crippen molar-refractivity contribution in [1.82, 2.24) is 14.9 Å². The molecule has 0 radical (unpaired) electrons. The van der Waals surface area contributed by atoms with Crippen molar-refractivity contribution in [3.8, 4) is 0 Å². The number of hydrogen-bond donors (Lipinski definition) is 3. The number of ether oxygens (including phenoxy) is 1. The van der Waals surface area contributed by atoms with E-state index in [1.54, 1.807) is 45.2 Å². The number of fused-ring (bicyclic) bond motifs is 1. The van der Waals surface area contributed by atoms with Crippen molar-refractivity contribution in [1.29, 1.82) is 0 Å². The molecule has 0 spiro atoms. The summed E-state index contributed by atoms with van der Waals surface area (Å²) >= 11 is 0. The van der Waals surface area contributed by atoms with E-state index in [1.807, 2.05) is 25.7 Å². The lowest BCUT2D eigenvalue weighted by atomic mass is 9.84. The van der Waals surface area contributed by atoms with Crippen LogP contribution in [0.3, 0.4) is 0 Å². The molecule has 1 fully saturated rings. The Kier molecular flexibility index (Phi) is 8.05. The molecule has 0 saturated carbocycles. The Morgan fingerprint density at radius 2 is 1.71 bits per heavy atom. The van der Waals surface area contributed by atoms with Gasteiger partial charge in [0.25, 0.3) is 5.91 Å². The van der Waals surface area contributed by atoms with Crippen LogP contribution in [-0.4, -0.2) is 69.3 Å².